The largest absolute Gasteiger partial charge is 0.460 e. The van der Waals surface area contributed by atoms with Gasteiger partial charge in [-0.2, -0.15) is 39.5 Å². The van der Waals surface area contributed by atoms with Crippen LogP contribution in [0.5, 0.6) is 0 Å². The van der Waals surface area contributed by atoms with Crippen molar-refractivity contribution in [2.75, 3.05) is 4.90 Å². The maximum atomic E-state index is 14.6. The van der Waals surface area contributed by atoms with Gasteiger partial charge in [0.1, 0.15) is 0 Å². The number of benzene rings is 2. The molecule has 3 rings (SSSR count). The molecule has 1 atom stereocenters. The summed E-state index contributed by atoms with van der Waals surface area (Å²) in [4.78, 5) is 14.3. The number of hydrogen-bond donors (Lipinski definition) is 0. The first-order valence-electron chi connectivity index (χ1n) is 9.85. The van der Waals surface area contributed by atoms with E-state index in [-0.39, 0.29) is 17.0 Å². The first kappa shape index (κ1) is 25.6. The van der Waals surface area contributed by atoms with Crippen molar-refractivity contribution in [3.05, 3.63) is 71.8 Å². The molecule has 0 N–H and O–H groups in total. The van der Waals surface area contributed by atoms with Gasteiger partial charge in [0.2, 0.25) is 5.91 Å². The minimum absolute atomic E-state index is 0.0426. The Morgan fingerprint density at radius 1 is 0.765 bits per heavy atom. The molecule has 184 valence electrons. The molecule has 34 heavy (non-hydrogen) atoms. The predicted molar refractivity (Wildman–Crippen MR) is 107 cm³/mol. The number of carbonyl (C=O) groups excluding carboxylic acids is 1. The Hall–Kier alpha value is -2.98. The van der Waals surface area contributed by atoms with Crippen molar-refractivity contribution in [2.24, 2.45) is 5.41 Å². The topological polar surface area (TPSA) is 20.3 Å². The SMILES string of the molecule is CC1=C(c2ccccc2)N(c2ccccc2)C(=O)C1(C)CC(F)(F)C(F)(F)C(F)(F)C(F)(F)F. The van der Waals surface area contributed by atoms with Crippen LogP contribution in [0.1, 0.15) is 25.8 Å². The van der Waals surface area contributed by atoms with E-state index >= 15 is 0 Å². The van der Waals surface area contributed by atoms with Crippen molar-refractivity contribution in [2.45, 2.75) is 44.2 Å². The fourth-order valence-corrected chi connectivity index (χ4v) is 3.87. The highest BCUT2D eigenvalue weighted by Crippen LogP contribution is 2.58. The molecule has 0 saturated carbocycles. The van der Waals surface area contributed by atoms with Gasteiger partial charge in [-0.1, -0.05) is 48.5 Å². The first-order chi connectivity index (χ1) is 15.5. The second-order valence-electron chi connectivity index (χ2n) is 8.18. The smallest absolute Gasteiger partial charge is 0.280 e. The number of nitrogens with zero attached hydrogens (tertiary/aromatic N) is 1. The number of para-hydroxylation sites is 1. The molecule has 0 aliphatic carbocycles. The quantitative estimate of drug-likeness (QED) is 0.385. The summed E-state index contributed by atoms with van der Waals surface area (Å²) in [7, 11) is 0. The van der Waals surface area contributed by atoms with Gasteiger partial charge in [-0.3, -0.25) is 9.69 Å². The van der Waals surface area contributed by atoms with E-state index in [1.807, 2.05) is 0 Å². The van der Waals surface area contributed by atoms with Crippen molar-refractivity contribution in [3.8, 4) is 0 Å². The monoisotopic (exact) mass is 495 g/mol. The number of rotatable bonds is 6. The van der Waals surface area contributed by atoms with Crippen LogP contribution in [-0.4, -0.2) is 29.9 Å². The fourth-order valence-electron chi connectivity index (χ4n) is 3.87. The molecule has 0 fully saturated rings. The minimum Gasteiger partial charge on any atom is -0.280 e. The highest BCUT2D eigenvalue weighted by atomic mass is 19.4. The van der Waals surface area contributed by atoms with E-state index in [1.54, 1.807) is 24.3 Å². The van der Waals surface area contributed by atoms with E-state index in [2.05, 4.69) is 0 Å². The number of anilines is 1. The standard InChI is InChI=1S/C23H18F9NO/c1-14-17(15-9-5-3-6-10-15)33(16-11-7-4-8-12-16)18(34)19(14,2)13-20(24,25)21(26,27)22(28,29)23(30,31)32/h3-12H,13H2,1-2H3. The number of alkyl halides is 9. The van der Waals surface area contributed by atoms with Crippen LogP contribution in [-0.2, 0) is 4.79 Å². The molecule has 2 aromatic rings. The Bertz CT molecular complexity index is 1090. The van der Waals surface area contributed by atoms with E-state index in [0.717, 1.165) is 11.8 Å². The molecule has 1 unspecified atom stereocenters. The van der Waals surface area contributed by atoms with E-state index in [0.29, 0.717) is 5.56 Å². The predicted octanol–water partition coefficient (Wildman–Crippen LogP) is 7.33. The van der Waals surface area contributed by atoms with Gasteiger partial charge in [0.05, 0.1) is 11.1 Å². The summed E-state index contributed by atoms with van der Waals surface area (Å²) in [6, 6.07) is 15.3. The van der Waals surface area contributed by atoms with Gasteiger partial charge in [0, 0.05) is 12.1 Å². The molecule has 2 nitrogen and oxygen atoms in total. The normalized spacial score (nSPS) is 20.3. The molecule has 11 heteroatoms. The molecule has 0 spiro atoms. The molecule has 1 heterocycles. The summed E-state index contributed by atoms with van der Waals surface area (Å²) >= 11 is 0. The Kier molecular flexibility index (Phi) is 6.08. The number of halogens is 9. The van der Waals surface area contributed by atoms with E-state index in [4.69, 9.17) is 0 Å². The van der Waals surface area contributed by atoms with Gasteiger partial charge < -0.3 is 0 Å². The summed E-state index contributed by atoms with van der Waals surface area (Å²) in [6.07, 6.45) is -9.21. The van der Waals surface area contributed by atoms with Crippen LogP contribution < -0.4 is 4.90 Å². The third-order valence-corrected chi connectivity index (χ3v) is 5.93. The third-order valence-electron chi connectivity index (χ3n) is 5.93. The van der Waals surface area contributed by atoms with E-state index < -0.39 is 41.7 Å². The molecule has 0 saturated heterocycles. The average Bonchev–Trinajstić information content (AvgIpc) is 2.94. The second-order valence-corrected chi connectivity index (χ2v) is 8.18. The molecule has 0 bridgehead atoms. The zero-order valence-electron chi connectivity index (χ0n) is 17.7. The summed E-state index contributed by atoms with van der Waals surface area (Å²) in [6.45, 7) is 2.01. The number of hydrogen-bond acceptors (Lipinski definition) is 1. The fraction of sp³-hybridized carbons (Fsp3) is 0.348. The Balaban J connectivity index is 2.16. The summed E-state index contributed by atoms with van der Waals surface area (Å²) in [5.41, 5.74) is -2.16. The van der Waals surface area contributed by atoms with Crippen LogP contribution >= 0.6 is 0 Å². The Morgan fingerprint density at radius 3 is 1.71 bits per heavy atom. The molecule has 0 aromatic heterocycles. The summed E-state index contributed by atoms with van der Waals surface area (Å²) in [5.74, 6) is -20.9. The average molecular weight is 495 g/mol. The Morgan fingerprint density at radius 2 is 1.24 bits per heavy atom. The lowest BCUT2D eigenvalue weighted by Crippen LogP contribution is -2.62. The van der Waals surface area contributed by atoms with Gasteiger partial charge in [-0.15, -0.1) is 0 Å². The highest BCUT2D eigenvalue weighted by Gasteiger charge is 2.82. The third kappa shape index (κ3) is 3.74. The zero-order valence-corrected chi connectivity index (χ0v) is 17.7. The molecule has 0 radical (unpaired) electrons. The summed E-state index contributed by atoms with van der Waals surface area (Å²) < 4.78 is 122. The lowest BCUT2D eigenvalue weighted by atomic mass is 9.76. The lowest BCUT2D eigenvalue weighted by Gasteiger charge is -2.37. The summed E-state index contributed by atoms with van der Waals surface area (Å²) in [5, 5.41) is 0. The maximum Gasteiger partial charge on any atom is 0.460 e. The van der Waals surface area contributed by atoms with Crippen molar-refractivity contribution in [1.82, 2.24) is 0 Å². The van der Waals surface area contributed by atoms with Gasteiger partial charge in [-0.25, -0.2) is 0 Å². The van der Waals surface area contributed by atoms with Crippen LogP contribution in [0.15, 0.2) is 66.2 Å². The van der Waals surface area contributed by atoms with Crippen molar-refractivity contribution in [1.29, 1.82) is 0 Å². The zero-order chi connectivity index (χ0) is 25.7. The molecule has 2 aromatic carbocycles. The van der Waals surface area contributed by atoms with Crippen LogP contribution in [0.25, 0.3) is 5.70 Å². The van der Waals surface area contributed by atoms with Crippen LogP contribution in [0.4, 0.5) is 45.2 Å². The van der Waals surface area contributed by atoms with Gasteiger partial charge >= 0.3 is 23.9 Å². The molecule has 1 amide bonds. The molecule has 1 aliphatic rings. The van der Waals surface area contributed by atoms with Gasteiger partial charge in [-0.05, 0) is 37.1 Å². The van der Waals surface area contributed by atoms with Crippen molar-refractivity contribution in [3.63, 3.8) is 0 Å². The van der Waals surface area contributed by atoms with Crippen LogP contribution in [0.3, 0.4) is 0 Å². The highest BCUT2D eigenvalue weighted by molar-refractivity contribution is 6.15. The van der Waals surface area contributed by atoms with Crippen LogP contribution in [0, 0.1) is 5.41 Å². The minimum atomic E-state index is -7.03. The van der Waals surface area contributed by atoms with Gasteiger partial charge in [0.15, 0.2) is 0 Å². The Labute approximate surface area is 188 Å². The molecule has 1 aliphatic heterocycles. The van der Waals surface area contributed by atoms with Gasteiger partial charge in [0.25, 0.3) is 0 Å². The lowest BCUT2D eigenvalue weighted by molar-refractivity contribution is -0.398. The van der Waals surface area contributed by atoms with E-state index in [1.165, 1.54) is 43.3 Å². The van der Waals surface area contributed by atoms with E-state index in [9.17, 15) is 44.3 Å². The first-order valence-corrected chi connectivity index (χ1v) is 9.85. The van der Waals surface area contributed by atoms with Crippen molar-refractivity contribution < 1.29 is 44.3 Å². The van der Waals surface area contributed by atoms with Crippen LogP contribution in [0.2, 0.25) is 0 Å². The molecular formula is C23H18F9NO. The molecular weight excluding hydrogens is 477 g/mol. The number of amides is 1. The van der Waals surface area contributed by atoms with Crippen molar-refractivity contribution >= 4 is 17.3 Å². The second kappa shape index (κ2) is 8.06. The number of carbonyl (C=O) groups is 1. The maximum absolute atomic E-state index is 14.6.